The van der Waals surface area contributed by atoms with Crippen LogP contribution in [0.2, 0.25) is 0 Å². The standard InChI is InChI=1S/C16H19NO2/c1-15(2)9-12(15)16(3,4)17-13(18)10-7-5-6-8-11(10)14(17)19/h5-8,12H,9H2,1-4H3. The molecule has 1 atom stereocenters. The molecule has 100 valence electrons. The van der Waals surface area contributed by atoms with E-state index in [-0.39, 0.29) is 17.2 Å². The first kappa shape index (κ1) is 12.4. The van der Waals surface area contributed by atoms with Gasteiger partial charge in [0, 0.05) is 5.54 Å². The SMILES string of the molecule is CC1(C)CC1C(C)(C)N1C(=O)c2ccccc2C1=O. The summed E-state index contributed by atoms with van der Waals surface area (Å²) in [7, 11) is 0. The second-order valence-corrected chi connectivity index (χ2v) is 6.89. The van der Waals surface area contributed by atoms with Crippen LogP contribution in [0.3, 0.4) is 0 Å². The molecule has 1 heterocycles. The normalized spacial score (nSPS) is 24.6. The van der Waals surface area contributed by atoms with Crippen molar-refractivity contribution in [2.45, 2.75) is 39.7 Å². The van der Waals surface area contributed by atoms with Crippen LogP contribution in [0.5, 0.6) is 0 Å². The van der Waals surface area contributed by atoms with E-state index in [4.69, 9.17) is 0 Å². The summed E-state index contributed by atoms with van der Waals surface area (Å²) >= 11 is 0. The Hall–Kier alpha value is -1.64. The van der Waals surface area contributed by atoms with Crippen molar-refractivity contribution in [3.05, 3.63) is 35.4 Å². The summed E-state index contributed by atoms with van der Waals surface area (Å²) in [4.78, 5) is 26.5. The minimum Gasteiger partial charge on any atom is -0.269 e. The molecule has 1 unspecified atom stereocenters. The number of carbonyl (C=O) groups excluding carboxylic acids is 2. The largest absolute Gasteiger partial charge is 0.269 e. The van der Waals surface area contributed by atoms with Crippen molar-refractivity contribution in [2.75, 3.05) is 0 Å². The molecule has 3 heteroatoms. The highest BCUT2D eigenvalue weighted by molar-refractivity contribution is 6.21. The third-order valence-electron chi connectivity index (χ3n) is 4.74. The van der Waals surface area contributed by atoms with Gasteiger partial charge in [0.15, 0.2) is 0 Å². The number of carbonyl (C=O) groups is 2. The van der Waals surface area contributed by atoms with Crippen LogP contribution in [0.25, 0.3) is 0 Å². The Balaban J connectivity index is 2.01. The van der Waals surface area contributed by atoms with Crippen LogP contribution in [0, 0.1) is 11.3 Å². The molecule has 1 fully saturated rings. The monoisotopic (exact) mass is 257 g/mol. The molecular weight excluding hydrogens is 238 g/mol. The van der Waals surface area contributed by atoms with Crippen molar-refractivity contribution < 1.29 is 9.59 Å². The quantitative estimate of drug-likeness (QED) is 0.763. The maximum Gasteiger partial charge on any atom is 0.262 e. The molecule has 2 amide bonds. The zero-order valence-corrected chi connectivity index (χ0v) is 11.9. The van der Waals surface area contributed by atoms with Crippen molar-refractivity contribution in [1.29, 1.82) is 0 Å². The lowest BCUT2D eigenvalue weighted by molar-refractivity contribution is 0.0421. The lowest BCUT2D eigenvalue weighted by Crippen LogP contribution is -2.50. The van der Waals surface area contributed by atoms with Crippen molar-refractivity contribution in [3.8, 4) is 0 Å². The van der Waals surface area contributed by atoms with E-state index in [1.807, 2.05) is 26.0 Å². The summed E-state index contributed by atoms with van der Waals surface area (Å²) < 4.78 is 0. The van der Waals surface area contributed by atoms with Crippen LogP contribution in [-0.4, -0.2) is 22.3 Å². The second kappa shape index (κ2) is 3.47. The Kier molecular flexibility index (Phi) is 2.26. The highest BCUT2D eigenvalue weighted by atomic mass is 16.2. The number of nitrogens with zero attached hydrogens (tertiary/aromatic N) is 1. The van der Waals surface area contributed by atoms with Gasteiger partial charge in [0.1, 0.15) is 0 Å². The fraction of sp³-hybridized carbons (Fsp3) is 0.500. The number of imide groups is 1. The molecule has 1 aromatic rings. The maximum atomic E-state index is 12.5. The molecule has 19 heavy (non-hydrogen) atoms. The van der Waals surface area contributed by atoms with Crippen LogP contribution in [-0.2, 0) is 0 Å². The third kappa shape index (κ3) is 1.57. The lowest BCUT2D eigenvalue weighted by atomic mass is 9.90. The molecule has 0 N–H and O–H groups in total. The van der Waals surface area contributed by atoms with Crippen molar-refractivity contribution in [2.24, 2.45) is 11.3 Å². The van der Waals surface area contributed by atoms with Gasteiger partial charge in [0.2, 0.25) is 0 Å². The number of hydrogen-bond acceptors (Lipinski definition) is 2. The predicted molar refractivity (Wildman–Crippen MR) is 72.9 cm³/mol. The van der Waals surface area contributed by atoms with Gasteiger partial charge in [-0.3, -0.25) is 14.5 Å². The van der Waals surface area contributed by atoms with E-state index < -0.39 is 5.54 Å². The Morgan fingerprint density at radius 1 is 1.11 bits per heavy atom. The van der Waals surface area contributed by atoms with Gasteiger partial charge in [-0.15, -0.1) is 0 Å². The summed E-state index contributed by atoms with van der Waals surface area (Å²) in [5.74, 6) is 0.0869. The number of amides is 2. The fourth-order valence-corrected chi connectivity index (χ4v) is 3.54. The molecule has 3 rings (SSSR count). The van der Waals surface area contributed by atoms with E-state index in [1.54, 1.807) is 12.1 Å². The van der Waals surface area contributed by atoms with E-state index >= 15 is 0 Å². The van der Waals surface area contributed by atoms with Gasteiger partial charge >= 0.3 is 0 Å². The first-order valence-corrected chi connectivity index (χ1v) is 6.75. The molecule has 0 aromatic heterocycles. The highest BCUT2D eigenvalue weighted by Crippen LogP contribution is 2.59. The summed E-state index contributed by atoms with van der Waals surface area (Å²) in [6.07, 6.45) is 1.06. The zero-order valence-electron chi connectivity index (χ0n) is 11.9. The fourth-order valence-electron chi connectivity index (χ4n) is 3.54. The van der Waals surface area contributed by atoms with Crippen LogP contribution < -0.4 is 0 Å². The summed E-state index contributed by atoms with van der Waals surface area (Å²) in [5, 5.41) is 0. The Morgan fingerprint density at radius 2 is 1.53 bits per heavy atom. The summed E-state index contributed by atoms with van der Waals surface area (Å²) in [6, 6.07) is 7.09. The van der Waals surface area contributed by atoms with Crippen LogP contribution >= 0.6 is 0 Å². The maximum absolute atomic E-state index is 12.5. The molecule has 2 aliphatic rings. The average Bonchev–Trinajstić information content (AvgIpc) is 2.91. The van der Waals surface area contributed by atoms with E-state index in [9.17, 15) is 9.59 Å². The number of rotatable bonds is 2. The van der Waals surface area contributed by atoms with Gasteiger partial charge in [-0.1, -0.05) is 26.0 Å². The molecular formula is C16H19NO2. The molecule has 0 bridgehead atoms. The summed E-state index contributed by atoms with van der Waals surface area (Å²) in [6.45, 7) is 8.40. The molecule has 1 aliphatic carbocycles. The van der Waals surface area contributed by atoms with Crippen molar-refractivity contribution >= 4 is 11.8 Å². The smallest absolute Gasteiger partial charge is 0.262 e. The van der Waals surface area contributed by atoms with E-state index in [0.717, 1.165) is 6.42 Å². The van der Waals surface area contributed by atoms with E-state index in [2.05, 4.69) is 13.8 Å². The van der Waals surface area contributed by atoms with Gasteiger partial charge < -0.3 is 0 Å². The van der Waals surface area contributed by atoms with Gasteiger partial charge in [0.05, 0.1) is 11.1 Å². The first-order chi connectivity index (χ1) is 8.77. The van der Waals surface area contributed by atoms with Crippen LogP contribution in [0.15, 0.2) is 24.3 Å². The van der Waals surface area contributed by atoms with Gasteiger partial charge in [0.25, 0.3) is 11.8 Å². The average molecular weight is 257 g/mol. The Labute approximate surface area is 113 Å². The number of hydrogen-bond donors (Lipinski definition) is 0. The van der Waals surface area contributed by atoms with Crippen LogP contribution in [0.4, 0.5) is 0 Å². The van der Waals surface area contributed by atoms with Crippen molar-refractivity contribution in [1.82, 2.24) is 4.90 Å². The minimum atomic E-state index is -0.420. The second-order valence-electron chi connectivity index (χ2n) is 6.89. The van der Waals surface area contributed by atoms with Crippen molar-refractivity contribution in [3.63, 3.8) is 0 Å². The Bertz CT molecular complexity index is 551. The van der Waals surface area contributed by atoms with Gasteiger partial charge in [-0.2, -0.15) is 0 Å². The first-order valence-electron chi connectivity index (χ1n) is 6.75. The predicted octanol–water partition coefficient (Wildman–Crippen LogP) is 3.11. The van der Waals surface area contributed by atoms with Crippen LogP contribution in [0.1, 0.15) is 54.8 Å². The number of fused-ring (bicyclic) bond motifs is 1. The lowest BCUT2D eigenvalue weighted by Gasteiger charge is -2.35. The molecule has 1 aliphatic heterocycles. The van der Waals surface area contributed by atoms with Gasteiger partial charge in [-0.05, 0) is 43.7 Å². The van der Waals surface area contributed by atoms with E-state index in [1.165, 1.54) is 4.90 Å². The Morgan fingerprint density at radius 3 is 1.89 bits per heavy atom. The zero-order chi connectivity index (χ0) is 14.0. The molecule has 1 saturated carbocycles. The molecule has 0 spiro atoms. The molecule has 1 aromatic carbocycles. The molecule has 0 saturated heterocycles. The topological polar surface area (TPSA) is 37.4 Å². The minimum absolute atomic E-state index is 0.145. The molecule has 0 radical (unpaired) electrons. The molecule has 3 nitrogen and oxygen atoms in total. The highest BCUT2D eigenvalue weighted by Gasteiger charge is 2.59. The van der Waals surface area contributed by atoms with Gasteiger partial charge in [-0.25, -0.2) is 0 Å². The number of benzene rings is 1. The third-order valence-corrected chi connectivity index (χ3v) is 4.74. The summed E-state index contributed by atoms with van der Waals surface area (Å²) in [5.41, 5.74) is 0.883. The van der Waals surface area contributed by atoms with E-state index in [0.29, 0.717) is 17.0 Å².